The van der Waals surface area contributed by atoms with Gasteiger partial charge in [0, 0.05) is 25.2 Å². The molecule has 0 bridgehead atoms. The van der Waals surface area contributed by atoms with E-state index in [2.05, 4.69) is 11.8 Å². The molecule has 0 saturated carbocycles. The molecule has 1 aliphatic rings. The molecule has 2 unspecified atom stereocenters. The van der Waals surface area contributed by atoms with Crippen LogP contribution in [-0.4, -0.2) is 41.5 Å². The van der Waals surface area contributed by atoms with Gasteiger partial charge in [-0.1, -0.05) is 6.07 Å². The van der Waals surface area contributed by atoms with Crippen LogP contribution in [0.25, 0.3) is 0 Å². The lowest BCUT2D eigenvalue weighted by atomic mass is 9.93. The molecule has 1 fully saturated rings. The Balaban J connectivity index is 1.86. The van der Waals surface area contributed by atoms with Crippen molar-refractivity contribution >= 4 is 11.6 Å². The fraction of sp³-hybridized carbons (Fsp3) is 0.533. The summed E-state index contributed by atoms with van der Waals surface area (Å²) < 4.78 is 5.58. The Bertz CT molecular complexity index is 549. The van der Waals surface area contributed by atoms with E-state index in [0.717, 1.165) is 12.8 Å². The molecule has 2 rings (SSSR count). The summed E-state index contributed by atoms with van der Waals surface area (Å²) in [6.07, 6.45) is 1.77. The summed E-state index contributed by atoms with van der Waals surface area (Å²) in [5, 5.41) is 10.7. The number of piperidine rings is 1. The average molecular weight is 307 g/mol. The Morgan fingerprint density at radius 1 is 1.50 bits per heavy atom. The van der Waals surface area contributed by atoms with Gasteiger partial charge in [-0.15, -0.1) is 0 Å². The Labute approximate surface area is 129 Å². The van der Waals surface area contributed by atoms with Crippen LogP contribution in [0.3, 0.4) is 0 Å². The quantitative estimate of drug-likeness (QED) is 0.635. The molecule has 7 nitrogen and oxygen atoms in total. The molecule has 0 spiro atoms. The van der Waals surface area contributed by atoms with E-state index < -0.39 is 4.92 Å². The van der Waals surface area contributed by atoms with Crippen LogP contribution in [-0.2, 0) is 4.79 Å². The van der Waals surface area contributed by atoms with Crippen molar-refractivity contribution in [1.82, 2.24) is 4.90 Å². The minimum absolute atomic E-state index is 0.0117. The summed E-state index contributed by atoms with van der Waals surface area (Å²) in [6.45, 7) is 3.84. The molecule has 0 aliphatic carbocycles. The van der Waals surface area contributed by atoms with Gasteiger partial charge >= 0.3 is 0 Å². The van der Waals surface area contributed by atoms with E-state index in [1.54, 1.807) is 12.1 Å². The van der Waals surface area contributed by atoms with Gasteiger partial charge < -0.3 is 10.5 Å². The molecule has 120 valence electrons. The van der Waals surface area contributed by atoms with Crippen molar-refractivity contribution in [1.29, 1.82) is 0 Å². The van der Waals surface area contributed by atoms with Crippen LogP contribution in [0.5, 0.6) is 5.75 Å². The lowest BCUT2D eigenvalue weighted by molar-refractivity contribution is -0.384. The molecule has 0 radical (unpaired) electrons. The van der Waals surface area contributed by atoms with Gasteiger partial charge in [0.15, 0.2) is 0 Å². The largest absolute Gasteiger partial charge is 0.492 e. The van der Waals surface area contributed by atoms with Gasteiger partial charge in [0.1, 0.15) is 12.4 Å². The van der Waals surface area contributed by atoms with Crippen LogP contribution in [0.4, 0.5) is 5.69 Å². The van der Waals surface area contributed by atoms with Gasteiger partial charge in [-0.05, 0) is 25.8 Å². The maximum atomic E-state index is 11.3. The number of carbonyl (C=O) groups is 1. The number of primary amides is 1. The van der Waals surface area contributed by atoms with Crippen molar-refractivity contribution in [2.45, 2.75) is 25.8 Å². The van der Waals surface area contributed by atoms with E-state index in [-0.39, 0.29) is 17.5 Å². The van der Waals surface area contributed by atoms with Crippen LogP contribution in [0.1, 0.15) is 19.8 Å². The van der Waals surface area contributed by atoms with E-state index in [9.17, 15) is 14.9 Å². The molecule has 1 aromatic carbocycles. The zero-order valence-corrected chi connectivity index (χ0v) is 12.6. The van der Waals surface area contributed by atoms with Gasteiger partial charge in [-0.25, -0.2) is 0 Å². The Morgan fingerprint density at radius 2 is 2.27 bits per heavy atom. The number of ether oxygens (including phenoxy) is 1. The number of amides is 1. The number of hydrogen-bond acceptors (Lipinski definition) is 5. The molecule has 1 saturated heterocycles. The van der Waals surface area contributed by atoms with Gasteiger partial charge in [-0.3, -0.25) is 19.8 Å². The molecule has 7 heteroatoms. The van der Waals surface area contributed by atoms with E-state index in [4.69, 9.17) is 10.5 Å². The summed E-state index contributed by atoms with van der Waals surface area (Å²) in [4.78, 5) is 23.7. The lowest BCUT2D eigenvalue weighted by Crippen LogP contribution is -2.47. The molecule has 1 heterocycles. The first-order valence-corrected chi connectivity index (χ1v) is 7.38. The minimum atomic E-state index is -0.447. The van der Waals surface area contributed by atoms with Crippen LogP contribution in [0.2, 0.25) is 0 Å². The van der Waals surface area contributed by atoms with Crippen LogP contribution in [0.15, 0.2) is 24.3 Å². The number of hydrogen-bond donors (Lipinski definition) is 1. The molecule has 22 heavy (non-hydrogen) atoms. The fourth-order valence-corrected chi connectivity index (χ4v) is 2.69. The van der Waals surface area contributed by atoms with Crippen LogP contribution >= 0.6 is 0 Å². The van der Waals surface area contributed by atoms with Crippen LogP contribution < -0.4 is 10.5 Å². The highest BCUT2D eigenvalue weighted by molar-refractivity contribution is 5.76. The van der Waals surface area contributed by atoms with Crippen molar-refractivity contribution < 1.29 is 14.5 Å². The second-order valence-corrected chi connectivity index (χ2v) is 5.62. The fourth-order valence-electron chi connectivity index (χ4n) is 2.69. The van der Waals surface area contributed by atoms with Gasteiger partial charge in [0.05, 0.1) is 16.9 Å². The molecular formula is C15H21N3O4. The molecule has 2 atom stereocenters. The molecule has 0 aromatic heterocycles. The molecular weight excluding hydrogens is 286 g/mol. The highest BCUT2D eigenvalue weighted by atomic mass is 16.6. The summed E-state index contributed by atoms with van der Waals surface area (Å²) in [6, 6.07) is 6.51. The first kappa shape index (κ1) is 16.2. The third-order valence-corrected chi connectivity index (χ3v) is 4.09. The standard InChI is InChI=1S/C15H21N3O4/c1-11-5-6-12(15(16)19)10-17(11)7-8-22-14-4-2-3-13(9-14)18(20)21/h2-4,9,11-12H,5-8,10H2,1H3,(H2,16,19). The summed E-state index contributed by atoms with van der Waals surface area (Å²) >= 11 is 0. The Hall–Kier alpha value is -2.15. The number of rotatable bonds is 6. The third kappa shape index (κ3) is 4.17. The first-order valence-electron chi connectivity index (χ1n) is 7.38. The SMILES string of the molecule is CC1CCC(C(N)=O)CN1CCOc1cccc([N+](=O)[O-])c1. The lowest BCUT2D eigenvalue weighted by Gasteiger charge is -2.36. The number of non-ortho nitro benzene ring substituents is 1. The summed E-state index contributed by atoms with van der Waals surface area (Å²) in [5.74, 6) is 0.121. The van der Waals surface area contributed by atoms with E-state index in [1.807, 2.05) is 0 Å². The van der Waals surface area contributed by atoms with Crippen molar-refractivity contribution in [3.8, 4) is 5.75 Å². The van der Waals surface area contributed by atoms with Crippen molar-refractivity contribution in [3.05, 3.63) is 34.4 Å². The summed E-state index contributed by atoms with van der Waals surface area (Å²) in [5.41, 5.74) is 5.39. The molecule has 1 aromatic rings. The van der Waals surface area contributed by atoms with Crippen molar-refractivity contribution in [2.75, 3.05) is 19.7 Å². The number of nitrogens with two attached hydrogens (primary N) is 1. The second-order valence-electron chi connectivity index (χ2n) is 5.62. The van der Waals surface area contributed by atoms with E-state index >= 15 is 0 Å². The first-order chi connectivity index (χ1) is 10.5. The minimum Gasteiger partial charge on any atom is -0.492 e. The topological polar surface area (TPSA) is 98.7 Å². The normalized spacial score (nSPS) is 22.2. The van der Waals surface area contributed by atoms with E-state index in [0.29, 0.717) is 31.5 Å². The average Bonchev–Trinajstić information content (AvgIpc) is 2.49. The zero-order valence-electron chi connectivity index (χ0n) is 12.6. The predicted octanol–water partition coefficient (Wildman–Crippen LogP) is 1.56. The maximum Gasteiger partial charge on any atom is 0.273 e. The summed E-state index contributed by atoms with van der Waals surface area (Å²) in [7, 11) is 0. The second kappa shape index (κ2) is 7.22. The number of nitro groups is 1. The number of nitro benzene ring substituents is 1. The highest BCUT2D eigenvalue weighted by Gasteiger charge is 2.28. The number of likely N-dealkylation sites (tertiary alicyclic amines) is 1. The predicted molar refractivity (Wildman–Crippen MR) is 81.5 cm³/mol. The molecule has 1 amide bonds. The van der Waals surface area contributed by atoms with Crippen LogP contribution in [0, 0.1) is 16.0 Å². The van der Waals surface area contributed by atoms with E-state index in [1.165, 1.54) is 12.1 Å². The monoisotopic (exact) mass is 307 g/mol. The van der Waals surface area contributed by atoms with Crippen molar-refractivity contribution in [3.63, 3.8) is 0 Å². The number of carbonyl (C=O) groups excluding carboxylic acids is 1. The molecule has 2 N–H and O–H groups in total. The zero-order chi connectivity index (χ0) is 16.1. The van der Waals surface area contributed by atoms with Gasteiger partial charge in [0.25, 0.3) is 5.69 Å². The number of nitrogens with zero attached hydrogens (tertiary/aromatic N) is 2. The number of benzene rings is 1. The van der Waals surface area contributed by atoms with Gasteiger partial charge in [-0.2, -0.15) is 0 Å². The smallest absolute Gasteiger partial charge is 0.273 e. The highest BCUT2D eigenvalue weighted by Crippen LogP contribution is 2.22. The Kier molecular flexibility index (Phi) is 5.32. The Morgan fingerprint density at radius 3 is 2.95 bits per heavy atom. The maximum absolute atomic E-state index is 11.3. The third-order valence-electron chi connectivity index (χ3n) is 4.09. The van der Waals surface area contributed by atoms with Crippen molar-refractivity contribution in [2.24, 2.45) is 11.7 Å². The van der Waals surface area contributed by atoms with Gasteiger partial charge in [0.2, 0.25) is 5.91 Å². The molecule has 1 aliphatic heterocycles.